The fourth-order valence-corrected chi connectivity index (χ4v) is 2.57. The Morgan fingerprint density at radius 2 is 1.13 bits per heavy atom. The van der Waals surface area contributed by atoms with E-state index in [0.29, 0.717) is 47.6 Å². The van der Waals surface area contributed by atoms with Crippen LogP contribution < -0.4 is 18.9 Å². The van der Waals surface area contributed by atoms with Gasteiger partial charge in [-0.2, -0.15) is 9.98 Å². The van der Waals surface area contributed by atoms with Crippen molar-refractivity contribution in [2.45, 2.75) is 13.8 Å². The van der Waals surface area contributed by atoms with E-state index in [-0.39, 0.29) is 11.8 Å². The number of isocyanates is 2. The van der Waals surface area contributed by atoms with Crippen molar-refractivity contribution in [1.29, 1.82) is 0 Å². The van der Waals surface area contributed by atoms with Gasteiger partial charge in [-0.1, -0.05) is 13.8 Å². The smallest absolute Gasteiger partial charge is 0.240 e. The number of hydrogen-bond donors (Lipinski definition) is 0. The summed E-state index contributed by atoms with van der Waals surface area (Å²) >= 11 is 0. The average molecular weight is 412 g/mol. The maximum Gasteiger partial charge on any atom is 0.240 e. The van der Waals surface area contributed by atoms with Crippen molar-refractivity contribution in [2.24, 2.45) is 21.8 Å². The second kappa shape index (κ2) is 11.4. The van der Waals surface area contributed by atoms with Crippen molar-refractivity contribution in [2.75, 3.05) is 27.4 Å². The fraction of sp³-hybridized carbons (Fsp3) is 0.364. The maximum atomic E-state index is 10.4. The van der Waals surface area contributed by atoms with Crippen LogP contribution >= 0.6 is 0 Å². The first-order chi connectivity index (χ1) is 14.5. The summed E-state index contributed by atoms with van der Waals surface area (Å²) in [6, 6.07) is 9.95. The molecule has 8 nitrogen and oxygen atoms in total. The van der Waals surface area contributed by atoms with Crippen LogP contribution in [0.5, 0.6) is 23.0 Å². The monoisotopic (exact) mass is 412 g/mol. The van der Waals surface area contributed by atoms with Gasteiger partial charge in [0.2, 0.25) is 12.2 Å². The molecule has 2 rings (SSSR count). The third-order valence-corrected chi connectivity index (χ3v) is 4.62. The SMILES string of the molecule is COc1cc(N=C=O)ccc1OCC(C)C(C)COc1ccc(N=C=O)cc1OC. The first kappa shape index (κ1) is 22.7. The lowest BCUT2D eigenvalue weighted by atomic mass is 9.98. The summed E-state index contributed by atoms with van der Waals surface area (Å²) in [5.41, 5.74) is 0.894. The molecule has 0 heterocycles. The average Bonchev–Trinajstić information content (AvgIpc) is 2.76. The van der Waals surface area contributed by atoms with Gasteiger partial charge in [0, 0.05) is 12.1 Å². The number of hydrogen-bond acceptors (Lipinski definition) is 8. The summed E-state index contributed by atoms with van der Waals surface area (Å²) in [7, 11) is 3.05. The Bertz CT molecular complexity index is 871. The zero-order valence-corrected chi connectivity index (χ0v) is 17.4. The Morgan fingerprint density at radius 3 is 1.47 bits per heavy atom. The van der Waals surface area contributed by atoms with Gasteiger partial charge in [-0.15, -0.1) is 0 Å². The number of nitrogens with zero attached hydrogens (tertiary/aromatic N) is 2. The molecule has 0 amide bonds. The van der Waals surface area contributed by atoms with Crippen LogP contribution in [0.15, 0.2) is 46.4 Å². The molecule has 0 saturated heterocycles. The summed E-state index contributed by atoms with van der Waals surface area (Å²) in [5.74, 6) is 2.46. The molecule has 0 saturated carbocycles. The summed E-state index contributed by atoms with van der Waals surface area (Å²) in [6.07, 6.45) is 3.00. The number of methoxy groups -OCH3 is 2. The van der Waals surface area contributed by atoms with E-state index in [1.54, 1.807) is 36.4 Å². The normalized spacial score (nSPS) is 12.0. The molecule has 0 aliphatic heterocycles. The van der Waals surface area contributed by atoms with Gasteiger partial charge in [-0.3, -0.25) is 0 Å². The van der Waals surface area contributed by atoms with Gasteiger partial charge in [0.25, 0.3) is 0 Å². The molecule has 0 radical (unpaired) electrons. The van der Waals surface area contributed by atoms with Crippen LogP contribution in [0.25, 0.3) is 0 Å². The minimum atomic E-state index is 0.173. The number of carbonyl (C=O) groups excluding carboxylic acids is 2. The van der Waals surface area contributed by atoms with Crippen LogP contribution in [0, 0.1) is 11.8 Å². The molecule has 8 heteroatoms. The number of aliphatic imine (C=N–C) groups is 2. The summed E-state index contributed by atoms with van der Waals surface area (Å²) in [4.78, 5) is 27.9. The third-order valence-electron chi connectivity index (χ3n) is 4.62. The molecule has 0 aromatic heterocycles. The zero-order chi connectivity index (χ0) is 21.9. The van der Waals surface area contributed by atoms with E-state index in [4.69, 9.17) is 18.9 Å². The van der Waals surface area contributed by atoms with E-state index >= 15 is 0 Å². The van der Waals surface area contributed by atoms with Gasteiger partial charge in [-0.05, 0) is 36.1 Å². The molecule has 0 fully saturated rings. The van der Waals surface area contributed by atoms with Crippen LogP contribution in [0.2, 0.25) is 0 Å². The van der Waals surface area contributed by atoms with Crippen LogP contribution in [-0.4, -0.2) is 39.6 Å². The minimum Gasteiger partial charge on any atom is -0.493 e. The van der Waals surface area contributed by atoms with Crippen molar-refractivity contribution in [3.05, 3.63) is 36.4 Å². The van der Waals surface area contributed by atoms with Gasteiger partial charge in [0.1, 0.15) is 0 Å². The second-order valence-electron chi connectivity index (χ2n) is 6.65. The van der Waals surface area contributed by atoms with Crippen LogP contribution in [0.1, 0.15) is 13.8 Å². The molecule has 2 atom stereocenters. The highest BCUT2D eigenvalue weighted by atomic mass is 16.5. The van der Waals surface area contributed by atoms with Crippen LogP contribution in [0.4, 0.5) is 11.4 Å². The van der Waals surface area contributed by atoms with Crippen LogP contribution in [0.3, 0.4) is 0 Å². The van der Waals surface area contributed by atoms with Gasteiger partial charge in [0.05, 0.1) is 38.8 Å². The Hall–Kier alpha value is -3.60. The molecule has 0 N–H and O–H groups in total. The van der Waals surface area contributed by atoms with E-state index in [1.165, 1.54) is 26.4 Å². The van der Waals surface area contributed by atoms with Crippen molar-refractivity contribution in [3.63, 3.8) is 0 Å². The highest BCUT2D eigenvalue weighted by molar-refractivity contribution is 5.56. The Morgan fingerprint density at radius 1 is 0.733 bits per heavy atom. The van der Waals surface area contributed by atoms with Crippen molar-refractivity contribution >= 4 is 23.5 Å². The highest BCUT2D eigenvalue weighted by Crippen LogP contribution is 2.33. The predicted octanol–water partition coefficient (Wildman–Crippen LogP) is 4.37. The molecular formula is C22H24N2O6. The lowest BCUT2D eigenvalue weighted by molar-refractivity contribution is 0.158. The summed E-state index contributed by atoms with van der Waals surface area (Å²) in [6.45, 7) is 5.01. The first-order valence-corrected chi connectivity index (χ1v) is 9.29. The lowest BCUT2D eigenvalue weighted by Gasteiger charge is -2.22. The van der Waals surface area contributed by atoms with Crippen molar-refractivity contribution in [3.8, 4) is 23.0 Å². The van der Waals surface area contributed by atoms with Gasteiger partial charge in [-0.25, -0.2) is 9.59 Å². The molecule has 2 aromatic rings. The second-order valence-corrected chi connectivity index (χ2v) is 6.65. The molecule has 30 heavy (non-hydrogen) atoms. The van der Waals surface area contributed by atoms with Gasteiger partial charge < -0.3 is 18.9 Å². The number of rotatable bonds is 11. The molecule has 0 aliphatic carbocycles. The van der Waals surface area contributed by atoms with E-state index in [1.807, 2.05) is 0 Å². The molecule has 0 aliphatic rings. The van der Waals surface area contributed by atoms with E-state index in [9.17, 15) is 9.59 Å². The fourth-order valence-electron chi connectivity index (χ4n) is 2.57. The van der Waals surface area contributed by atoms with E-state index in [2.05, 4.69) is 23.8 Å². The predicted molar refractivity (Wildman–Crippen MR) is 111 cm³/mol. The quantitative estimate of drug-likeness (QED) is 0.402. The van der Waals surface area contributed by atoms with Crippen molar-refractivity contribution < 1.29 is 28.5 Å². The third kappa shape index (κ3) is 6.21. The van der Waals surface area contributed by atoms with Crippen LogP contribution in [-0.2, 0) is 9.59 Å². The standard InChI is InChI=1S/C22H24N2O6/c1-15(11-29-19-7-5-17(23-13-25)9-21(19)27-3)16(2)12-30-20-8-6-18(24-14-26)10-22(20)28-4/h5-10,15-16H,11-12H2,1-4H3. The number of ether oxygens (including phenoxy) is 4. The highest BCUT2D eigenvalue weighted by Gasteiger charge is 2.17. The largest absolute Gasteiger partial charge is 0.493 e. The zero-order valence-electron chi connectivity index (χ0n) is 17.4. The van der Waals surface area contributed by atoms with E-state index in [0.717, 1.165) is 0 Å². The number of benzene rings is 2. The molecule has 2 aromatic carbocycles. The summed E-state index contributed by atoms with van der Waals surface area (Å²) < 4.78 is 22.4. The van der Waals surface area contributed by atoms with Gasteiger partial charge in [0.15, 0.2) is 23.0 Å². The maximum absolute atomic E-state index is 10.4. The summed E-state index contributed by atoms with van der Waals surface area (Å²) in [5, 5.41) is 0. The van der Waals surface area contributed by atoms with E-state index < -0.39 is 0 Å². The first-order valence-electron chi connectivity index (χ1n) is 9.29. The van der Waals surface area contributed by atoms with Crippen molar-refractivity contribution in [1.82, 2.24) is 0 Å². The topological polar surface area (TPSA) is 95.8 Å². The molecule has 0 spiro atoms. The molecular weight excluding hydrogens is 388 g/mol. The Labute approximate surface area is 175 Å². The minimum absolute atomic E-state index is 0.173. The molecule has 0 bridgehead atoms. The van der Waals surface area contributed by atoms with Gasteiger partial charge >= 0.3 is 0 Å². The lowest BCUT2D eigenvalue weighted by Crippen LogP contribution is -2.22. The molecule has 2 unspecified atom stereocenters. The Kier molecular flexibility index (Phi) is 8.63. The molecule has 158 valence electrons. The Balaban J connectivity index is 1.95.